The minimum absolute atomic E-state index is 0.260. The first-order valence-corrected chi connectivity index (χ1v) is 6.47. The van der Waals surface area contributed by atoms with E-state index in [1.807, 2.05) is 36.2 Å². The topological polar surface area (TPSA) is 55.0 Å². The van der Waals surface area contributed by atoms with Crippen LogP contribution in [0.4, 0.5) is 11.8 Å². The molecule has 0 bridgehead atoms. The average molecular weight is 328 g/mol. The van der Waals surface area contributed by atoms with E-state index in [0.717, 1.165) is 20.9 Å². The summed E-state index contributed by atoms with van der Waals surface area (Å²) in [6, 6.07) is 7.71. The second kappa shape index (κ2) is 5.54. The van der Waals surface area contributed by atoms with Crippen LogP contribution < -0.4 is 10.6 Å². The summed E-state index contributed by atoms with van der Waals surface area (Å²) >= 11 is 9.27. The van der Waals surface area contributed by atoms with Crippen molar-refractivity contribution >= 4 is 39.3 Å². The molecule has 6 heteroatoms. The Morgan fingerprint density at radius 1 is 1.33 bits per heavy atom. The summed E-state index contributed by atoms with van der Waals surface area (Å²) in [6.45, 7) is 0.715. The van der Waals surface area contributed by atoms with E-state index < -0.39 is 0 Å². The molecule has 94 valence electrons. The normalized spacial score (nSPS) is 10.4. The molecule has 0 fully saturated rings. The van der Waals surface area contributed by atoms with Gasteiger partial charge < -0.3 is 10.6 Å². The van der Waals surface area contributed by atoms with Crippen molar-refractivity contribution < 1.29 is 0 Å². The van der Waals surface area contributed by atoms with E-state index in [1.165, 1.54) is 0 Å². The third-order valence-electron chi connectivity index (χ3n) is 2.44. The van der Waals surface area contributed by atoms with Crippen molar-refractivity contribution in [1.82, 2.24) is 9.97 Å². The van der Waals surface area contributed by atoms with Crippen LogP contribution in [-0.2, 0) is 6.54 Å². The molecule has 1 heterocycles. The minimum atomic E-state index is 0.260. The highest BCUT2D eigenvalue weighted by Crippen LogP contribution is 2.24. The molecule has 1 aromatic heterocycles. The molecule has 18 heavy (non-hydrogen) atoms. The molecule has 0 spiro atoms. The standard InChI is InChI=1S/C12H12BrClN4/c1-18(7-8-2-4-9(14)5-3-8)11-10(13)6-16-12(15)17-11/h2-6H,7H2,1H3,(H2,15,16,17). The molecular formula is C12H12BrClN4. The molecule has 0 aliphatic heterocycles. The Hall–Kier alpha value is -1.33. The highest BCUT2D eigenvalue weighted by atomic mass is 79.9. The number of nitrogens with zero attached hydrogens (tertiary/aromatic N) is 3. The Morgan fingerprint density at radius 2 is 2.00 bits per heavy atom. The molecule has 0 atom stereocenters. The molecule has 0 radical (unpaired) electrons. The number of benzene rings is 1. The summed E-state index contributed by atoms with van der Waals surface area (Å²) in [5, 5.41) is 0.730. The van der Waals surface area contributed by atoms with E-state index in [2.05, 4.69) is 25.9 Å². The number of rotatable bonds is 3. The lowest BCUT2D eigenvalue weighted by molar-refractivity contribution is 0.889. The van der Waals surface area contributed by atoms with E-state index >= 15 is 0 Å². The Morgan fingerprint density at radius 3 is 2.67 bits per heavy atom. The van der Waals surface area contributed by atoms with Crippen molar-refractivity contribution in [3.63, 3.8) is 0 Å². The maximum absolute atomic E-state index is 5.85. The van der Waals surface area contributed by atoms with Crippen LogP contribution in [0.5, 0.6) is 0 Å². The minimum Gasteiger partial charge on any atom is -0.368 e. The number of anilines is 2. The van der Waals surface area contributed by atoms with Gasteiger partial charge in [0.1, 0.15) is 5.82 Å². The maximum Gasteiger partial charge on any atom is 0.222 e. The van der Waals surface area contributed by atoms with E-state index in [9.17, 15) is 0 Å². The molecular weight excluding hydrogens is 316 g/mol. The van der Waals surface area contributed by atoms with Crippen LogP contribution in [-0.4, -0.2) is 17.0 Å². The van der Waals surface area contributed by atoms with Gasteiger partial charge in [-0.2, -0.15) is 4.98 Å². The third kappa shape index (κ3) is 3.11. The van der Waals surface area contributed by atoms with Gasteiger partial charge in [-0.25, -0.2) is 4.98 Å². The molecule has 2 N–H and O–H groups in total. The van der Waals surface area contributed by atoms with Crippen LogP contribution in [0, 0.1) is 0 Å². The molecule has 0 aliphatic carbocycles. The van der Waals surface area contributed by atoms with Crippen molar-refractivity contribution in [2.24, 2.45) is 0 Å². The van der Waals surface area contributed by atoms with Gasteiger partial charge in [0.2, 0.25) is 5.95 Å². The summed E-state index contributed by atoms with van der Waals surface area (Å²) in [5.74, 6) is 1.02. The highest BCUT2D eigenvalue weighted by Gasteiger charge is 2.09. The Bertz CT molecular complexity index is 544. The monoisotopic (exact) mass is 326 g/mol. The number of hydrogen-bond donors (Lipinski definition) is 1. The average Bonchev–Trinajstić information content (AvgIpc) is 2.35. The van der Waals surface area contributed by atoms with Crippen molar-refractivity contribution in [3.05, 3.63) is 45.5 Å². The zero-order valence-corrected chi connectivity index (χ0v) is 12.1. The van der Waals surface area contributed by atoms with Gasteiger partial charge >= 0.3 is 0 Å². The number of nitrogens with two attached hydrogens (primary N) is 1. The lowest BCUT2D eigenvalue weighted by Crippen LogP contribution is -2.19. The number of nitrogen functional groups attached to an aromatic ring is 1. The summed E-state index contributed by atoms with van der Waals surface area (Å²) in [4.78, 5) is 10.1. The largest absolute Gasteiger partial charge is 0.368 e. The SMILES string of the molecule is CN(Cc1ccc(Cl)cc1)c1nc(N)ncc1Br. The quantitative estimate of drug-likeness (QED) is 0.941. The van der Waals surface area contributed by atoms with Gasteiger partial charge in [-0.15, -0.1) is 0 Å². The number of hydrogen-bond acceptors (Lipinski definition) is 4. The van der Waals surface area contributed by atoms with E-state index in [-0.39, 0.29) is 5.95 Å². The van der Waals surface area contributed by atoms with Gasteiger partial charge in [0.05, 0.1) is 4.47 Å². The number of aromatic nitrogens is 2. The van der Waals surface area contributed by atoms with Crippen LogP contribution in [0.15, 0.2) is 34.9 Å². The maximum atomic E-state index is 5.85. The molecule has 0 amide bonds. The smallest absolute Gasteiger partial charge is 0.222 e. The second-order valence-corrected chi connectivity index (χ2v) is 5.17. The van der Waals surface area contributed by atoms with Crippen LogP contribution in [0.2, 0.25) is 5.02 Å². The van der Waals surface area contributed by atoms with Crippen LogP contribution in [0.3, 0.4) is 0 Å². The van der Waals surface area contributed by atoms with E-state index in [0.29, 0.717) is 6.54 Å². The molecule has 0 saturated heterocycles. The van der Waals surface area contributed by atoms with Gasteiger partial charge in [0.15, 0.2) is 0 Å². The fraction of sp³-hybridized carbons (Fsp3) is 0.167. The predicted octanol–water partition coefficient (Wildman–Crippen LogP) is 3.11. The number of halogens is 2. The second-order valence-electron chi connectivity index (χ2n) is 3.88. The molecule has 2 aromatic rings. The van der Waals surface area contributed by atoms with Gasteiger partial charge in [-0.3, -0.25) is 0 Å². The summed E-state index contributed by atoms with van der Waals surface area (Å²) in [6.07, 6.45) is 1.65. The van der Waals surface area contributed by atoms with Crippen molar-refractivity contribution in [2.45, 2.75) is 6.54 Å². The lowest BCUT2D eigenvalue weighted by Gasteiger charge is -2.19. The first-order chi connectivity index (χ1) is 8.56. The Labute approximate surface area is 119 Å². The Kier molecular flexibility index (Phi) is 4.04. The van der Waals surface area contributed by atoms with Crippen LogP contribution in [0.1, 0.15) is 5.56 Å². The molecule has 0 unspecified atom stereocenters. The molecule has 2 rings (SSSR count). The third-order valence-corrected chi connectivity index (χ3v) is 3.25. The van der Waals surface area contributed by atoms with Gasteiger partial charge in [-0.1, -0.05) is 23.7 Å². The van der Waals surface area contributed by atoms with Crippen LogP contribution >= 0.6 is 27.5 Å². The molecule has 1 aromatic carbocycles. The van der Waals surface area contributed by atoms with Gasteiger partial charge in [0.25, 0.3) is 0 Å². The van der Waals surface area contributed by atoms with E-state index in [4.69, 9.17) is 17.3 Å². The zero-order chi connectivity index (χ0) is 13.1. The van der Waals surface area contributed by atoms with Crippen molar-refractivity contribution in [2.75, 3.05) is 17.7 Å². The van der Waals surface area contributed by atoms with E-state index in [1.54, 1.807) is 6.20 Å². The molecule has 0 saturated carbocycles. The zero-order valence-electron chi connectivity index (χ0n) is 9.77. The molecule has 4 nitrogen and oxygen atoms in total. The fourth-order valence-corrected chi connectivity index (χ4v) is 2.20. The van der Waals surface area contributed by atoms with Crippen LogP contribution in [0.25, 0.3) is 0 Å². The summed E-state index contributed by atoms with van der Waals surface area (Å²) < 4.78 is 0.813. The van der Waals surface area contributed by atoms with Crippen molar-refractivity contribution in [1.29, 1.82) is 0 Å². The predicted molar refractivity (Wildman–Crippen MR) is 77.7 cm³/mol. The fourth-order valence-electron chi connectivity index (χ4n) is 1.58. The first kappa shape index (κ1) is 13.1. The first-order valence-electron chi connectivity index (χ1n) is 5.30. The summed E-state index contributed by atoms with van der Waals surface area (Å²) in [5.41, 5.74) is 6.74. The van der Waals surface area contributed by atoms with Gasteiger partial charge in [0, 0.05) is 24.8 Å². The summed E-state index contributed by atoms with van der Waals surface area (Å²) in [7, 11) is 1.95. The van der Waals surface area contributed by atoms with Crippen molar-refractivity contribution in [3.8, 4) is 0 Å². The highest BCUT2D eigenvalue weighted by molar-refractivity contribution is 9.10. The molecule has 0 aliphatic rings. The lowest BCUT2D eigenvalue weighted by atomic mass is 10.2. The van der Waals surface area contributed by atoms with Gasteiger partial charge in [-0.05, 0) is 33.6 Å². The Balaban J connectivity index is 2.18.